The molecule has 2 amide bonds. The molecule has 0 aromatic rings. The van der Waals surface area contributed by atoms with Crippen molar-refractivity contribution in [2.45, 2.75) is 57.0 Å². The lowest BCUT2D eigenvalue weighted by Crippen LogP contribution is -2.64. The Labute approximate surface area is 108 Å². The average molecular weight is 253 g/mol. The molecule has 0 spiro atoms. The summed E-state index contributed by atoms with van der Waals surface area (Å²) in [5, 5.41) is 2.80. The zero-order chi connectivity index (χ0) is 13.4. The van der Waals surface area contributed by atoms with Gasteiger partial charge in [0.2, 0.25) is 11.8 Å². The van der Waals surface area contributed by atoms with Gasteiger partial charge in [0.05, 0.1) is 0 Å². The summed E-state index contributed by atoms with van der Waals surface area (Å²) in [4.78, 5) is 25.9. The Morgan fingerprint density at radius 3 is 2.61 bits per heavy atom. The molecule has 1 saturated carbocycles. The molecule has 1 heterocycles. The maximum Gasteiger partial charge on any atom is 0.245 e. The number of nitrogens with one attached hydrogen (secondary N) is 1. The van der Waals surface area contributed by atoms with Crippen LogP contribution in [0.1, 0.15) is 46.0 Å². The van der Waals surface area contributed by atoms with Crippen LogP contribution in [0.25, 0.3) is 0 Å². The number of hydrogen-bond acceptors (Lipinski definition) is 3. The topological polar surface area (TPSA) is 75.4 Å². The quantitative estimate of drug-likeness (QED) is 0.747. The van der Waals surface area contributed by atoms with Crippen LogP contribution in [0, 0.1) is 0 Å². The highest BCUT2D eigenvalue weighted by molar-refractivity contribution is 5.92. The second-order valence-electron chi connectivity index (χ2n) is 6.11. The molecule has 1 saturated heterocycles. The van der Waals surface area contributed by atoms with E-state index in [1.54, 1.807) is 18.7 Å². The smallest absolute Gasteiger partial charge is 0.245 e. The minimum atomic E-state index is -0.760. The second kappa shape index (κ2) is 4.53. The fourth-order valence-electron chi connectivity index (χ4n) is 2.99. The molecule has 0 atom stereocenters. The zero-order valence-electron chi connectivity index (χ0n) is 11.3. The molecule has 1 aliphatic heterocycles. The van der Waals surface area contributed by atoms with E-state index in [1.807, 2.05) is 0 Å². The first-order valence-corrected chi connectivity index (χ1v) is 6.73. The van der Waals surface area contributed by atoms with Gasteiger partial charge in [-0.15, -0.1) is 0 Å². The molecule has 2 fully saturated rings. The van der Waals surface area contributed by atoms with Crippen molar-refractivity contribution >= 4 is 11.8 Å². The Bertz CT molecular complexity index is 359. The third-order valence-electron chi connectivity index (χ3n) is 4.26. The number of carbonyl (C=O) groups excluding carboxylic acids is 2. The van der Waals surface area contributed by atoms with Gasteiger partial charge in [0.15, 0.2) is 0 Å². The summed E-state index contributed by atoms with van der Waals surface area (Å²) in [7, 11) is 0. The molecule has 2 rings (SSSR count). The molecule has 0 radical (unpaired) electrons. The Hall–Kier alpha value is -1.10. The maximum atomic E-state index is 12.4. The Balaban J connectivity index is 2.06. The largest absolute Gasteiger partial charge is 0.352 e. The molecular formula is C13H23N3O2. The molecule has 102 valence electrons. The Morgan fingerprint density at radius 2 is 2.00 bits per heavy atom. The SMILES string of the molecule is CC1(C)C(=O)NCCN1C(=O)CC1(N)CCCC1. The first kappa shape index (κ1) is 13.3. The van der Waals surface area contributed by atoms with Gasteiger partial charge in [0.1, 0.15) is 5.54 Å². The summed E-state index contributed by atoms with van der Waals surface area (Å²) < 4.78 is 0. The third-order valence-corrected chi connectivity index (χ3v) is 4.26. The lowest BCUT2D eigenvalue weighted by Gasteiger charge is -2.42. The van der Waals surface area contributed by atoms with E-state index in [9.17, 15) is 9.59 Å². The summed E-state index contributed by atoms with van der Waals surface area (Å²) in [5.74, 6) is -0.0705. The van der Waals surface area contributed by atoms with Crippen molar-refractivity contribution < 1.29 is 9.59 Å². The van der Waals surface area contributed by atoms with E-state index >= 15 is 0 Å². The van der Waals surface area contributed by atoms with E-state index in [1.165, 1.54) is 0 Å². The van der Waals surface area contributed by atoms with E-state index in [4.69, 9.17) is 5.73 Å². The second-order valence-corrected chi connectivity index (χ2v) is 6.11. The van der Waals surface area contributed by atoms with E-state index in [0.717, 1.165) is 25.7 Å². The lowest BCUT2D eigenvalue weighted by molar-refractivity contribution is -0.150. The van der Waals surface area contributed by atoms with Crippen molar-refractivity contribution in [3.63, 3.8) is 0 Å². The highest BCUT2D eigenvalue weighted by Crippen LogP contribution is 2.31. The molecule has 5 heteroatoms. The Kier molecular flexibility index (Phi) is 3.36. The monoisotopic (exact) mass is 253 g/mol. The van der Waals surface area contributed by atoms with Gasteiger partial charge in [0.25, 0.3) is 0 Å². The summed E-state index contributed by atoms with van der Waals surface area (Å²) in [5.41, 5.74) is 5.14. The standard InChI is InChI=1S/C13H23N3O2/c1-12(2)11(18)15-7-8-16(12)10(17)9-13(14)5-3-4-6-13/h3-9,14H2,1-2H3,(H,15,18). The maximum absolute atomic E-state index is 12.4. The first-order valence-electron chi connectivity index (χ1n) is 6.73. The average Bonchev–Trinajstić information content (AvgIpc) is 2.68. The molecule has 0 bridgehead atoms. The van der Waals surface area contributed by atoms with Gasteiger partial charge >= 0.3 is 0 Å². The van der Waals surface area contributed by atoms with Crippen molar-refractivity contribution in [3.05, 3.63) is 0 Å². The lowest BCUT2D eigenvalue weighted by atomic mass is 9.91. The van der Waals surface area contributed by atoms with Crippen LogP contribution in [0.5, 0.6) is 0 Å². The van der Waals surface area contributed by atoms with Crippen LogP contribution in [0.4, 0.5) is 0 Å². The van der Waals surface area contributed by atoms with Crippen molar-refractivity contribution in [3.8, 4) is 0 Å². The van der Waals surface area contributed by atoms with E-state index in [-0.39, 0.29) is 17.4 Å². The highest BCUT2D eigenvalue weighted by Gasteiger charge is 2.42. The molecule has 5 nitrogen and oxygen atoms in total. The van der Waals surface area contributed by atoms with Gasteiger partial charge in [-0.05, 0) is 26.7 Å². The summed E-state index contributed by atoms with van der Waals surface area (Å²) >= 11 is 0. The molecule has 1 aliphatic carbocycles. The highest BCUT2D eigenvalue weighted by atomic mass is 16.2. The molecule has 0 unspecified atom stereocenters. The summed E-state index contributed by atoms with van der Waals surface area (Å²) in [6, 6.07) is 0. The van der Waals surface area contributed by atoms with Gasteiger partial charge in [-0.3, -0.25) is 9.59 Å². The molecule has 0 aromatic carbocycles. The number of nitrogens with zero attached hydrogens (tertiary/aromatic N) is 1. The molecular weight excluding hydrogens is 230 g/mol. The summed E-state index contributed by atoms with van der Waals surface area (Å²) in [6.07, 6.45) is 4.41. The number of rotatable bonds is 2. The van der Waals surface area contributed by atoms with Gasteiger partial charge in [0, 0.05) is 25.0 Å². The Morgan fingerprint density at radius 1 is 1.39 bits per heavy atom. The van der Waals surface area contributed by atoms with Gasteiger partial charge in [-0.1, -0.05) is 12.8 Å². The minimum absolute atomic E-state index is 0.0132. The van der Waals surface area contributed by atoms with Crippen LogP contribution >= 0.6 is 0 Å². The molecule has 18 heavy (non-hydrogen) atoms. The van der Waals surface area contributed by atoms with Gasteiger partial charge in [-0.25, -0.2) is 0 Å². The summed E-state index contributed by atoms with van der Waals surface area (Å²) in [6.45, 7) is 4.69. The van der Waals surface area contributed by atoms with Gasteiger partial charge < -0.3 is 16.0 Å². The van der Waals surface area contributed by atoms with E-state index in [0.29, 0.717) is 19.5 Å². The van der Waals surface area contributed by atoms with Crippen LogP contribution < -0.4 is 11.1 Å². The normalized spacial score (nSPS) is 25.9. The molecule has 2 aliphatic rings. The van der Waals surface area contributed by atoms with Crippen molar-refractivity contribution in [2.75, 3.05) is 13.1 Å². The minimum Gasteiger partial charge on any atom is -0.352 e. The van der Waals surface area contributed by atoms with Crippen molar-refractivity contribution in [2.24, 2.45) is 5.73 Å². The van der Waals surface area contributed by atoms with Crippen LogP contribution in [-0.2, 0) is 9.59 Å². The fraction of sp³-hybridized carbons (Fsp3) is 0.846. The van der Waals surface area contributed by atoms with Crippen LogP contribution in [0.3, 0.4) is 0 Å². The van der Waals surface area contributed by atoms with Crippen molar-refractivity contribution in [1.29, 1.82) is 0 Å². The third kappa shape index (κ3) is 2.36. The van der Waals surface area contributed by atoms with Crippen LogP contribution in [0.2, 0.25) is 0 Å². The van der Waals surface area contributed by atoms with E-state index < -0.39 is 5.54 Å². The van der Waals surface area contributed by atoms with Crippen LogP contribution in [0.15, 0.2) is 0 Å². The first-order chi connectivity index (χ1) is 8.35. The number of amides is 2. The van der Waals surface area contributed by atoms with Crippen LogP contribution in [-0.4, -0.2) is 40.9 Å². The molecule has 3 N–H and O–H groups in total. The number of carbonyl (C=O) groups is 2. The predicted molar refractivity (Wildman–Crippen MR) is 68.8 cm³/mol. The molecule has 0 aromatic heterocycles. The van der Waals surface area contributed by atoms with Gasteiger partial charge in [-0.2, -0.15) is 0 Å². The predicted octanol–water partition coefficient (Wildman–Crippen LogP) is 0.385. The number of hydrogen-bond donors (Lipinski definition) is 2. The van der Waals surface area contributed by atoms with Crippen molar-refractivity contribution in [1.82, 2.24) is 10.2 Å². The number of nitrogens with two attached hydrogens (primary N) is 1. The zero-order valence-corrected chi connectivity index (χ0v) is 11.3. The fourth-order valence-corrected chi connectivity index (χ4v) is 2.99. The van der Waals surface area contributed by atoms with E-state index in [2.05, 4.69) is 5.32 Å². The number of piperazine rings is 1.